The van der Waals surface area contributed by atoms with Crippen LogP contribution in [0.3, 0.4) is 0 Å². The molecule has 0 saturated heterocycles. The van der Waals surface area contributed by atoms with Crippen molar-refractivity contribution in [2.75, 3.05) is 11.5 Å². The van der Waals surface area contributed by atoms with Gasteiger partial charge in [-0.3, -0.25) is 0 Å². The minimum atomic E-state index is -2.01. The van der Waals surface area contributed by atoms with Crippen LogP contribution < -0.4 is 16.7 Å². The summed E-state index contributed by atoms with van der Waals surface area (Å²) in [7, 11) is -3.60. The van der Waals surface area contributed by atoms with E-state index < -0.39 is 16.6 Å². The van der Waals surface area contributed by atoms with Crippen LogP contribution in [0.5, 0.6) is 0 Å². The van der Waals surface area contributed by atoms with Gasteiger partial charge >= 0.3 is 0 Å². The number of rotatable bonds is 4. The van der Waals surface area contributed by atoms with E-state index in [2.05, 4.69) is 33.1 Å². The maximum Gasteiger partial charge on any atom is 0.213 e. The van der Waals surface area contributed by atoms with Crippen LogP contribution >= 0.6 is 0 Å². The van der Waals surface area contributed by atoms with Crippen LogP contribution in [-0.2, 0) is 4.12 Å². The number of nitrogen functional groups attached to an aromatic ring is 2. The Labute approximate surface area is 106 Å². The van der Waals surface area contributed by atoms with E-state index in [1.165, 1.54) is 0 Å². The SMILES string of the molecule is CC[Si](C)(O[Si](C)(C)C)c1c(N)cccc1N. The fourth-order valence-corrected chi connectivity index (χ4v) is 10.3. The molecular formula is C12H24N2OSi2. The molecule has 0 aliphatic heterocycles. The predicted molar refractivity (Wildman–Crippen MR) is 81.4 cm³/mol. The first-order valence-electron chi connectivity index (χ1n) is 6.04. The van der Waals surface area contributed by atoms with Gasteiger partial charge in [0.15, 0.2) is 8.32 Å². The first-order valence-corrected chi connectivity index (χ1v) is 12.1. The van der Waals surface area contributed by atoms with Crippen molar-refractivity contribution < 1.29 is 4.12 Å². The smallest absolute Gasteiger partial charge is 0.213 e. The first-order chi connectivity index (χ1) is 7.69. The molecule has 0 aliphatic carbocycles. The highest BCUT2D eigenvalue weighted by atomic mass is 28.4. The van der Waals surface area contributed by atoms with Crippen molar-refractivity contribution >= 4 is 33.2 Å². The number of hydrogen-bond acceptors (Lipinski definition) is 3. The van der Waals surface area contributed by atoms with E-state index in [4.69, 9.17) is 15.6 Å². The van der Waals surface area contributed by atoms with E-state index in [-0.39, 0.29) is 0 Å². The second kappa shape index (κ2) is 4.83. The van der Waals surface area contributed by atoms with Crippen molar-refractivity contribution in [3.63, 3.8) is 0 Å². The first kappa shape index (κ1) is 14.3. The average molecular weight is 269 g/mol. The molecule has 0 radical (unpaired) electrons. The highest BCUT2D eigenvalue weighted by molar-refractivity contribution is 6.94. The van der Waals surface area contributed by atoms with E-state index >= 15 is 0 Å². The molecule has 1 atom stereocenters. The second-order valence-electron chi connectivity index (χ2n) is 5.61. The maximum absolute atomic E-state index is 6.44. The molecule has 0 bridgehead atoms. The number of benzene rings is 1. The summed E-state index contributed by atoms with van der Waals surface area (Å²) in [6.45, 7) is 11.0. The highest BCUT2D eigenvalue weighted by Gasteiger charge is 2.37. The molecule has 0 heterocycles. The molecule has 5 heteroatoms. The van der Waals surface area contributed by atoms with Crippen LogP contribution in [0, 0.1) is 0 Å². The Kier molecular flexibility index (Phi) is 4.06. The zero-order valence-corrected chi connectivity index (χ0v) is 13.5. The molecule has 96 valence electrons. The van der Waals surface area contributed by atoms with Crippen molar-refractivity contribution in [3.8, 4) is 0 Å². The highest BCUT2D eigenvalue weighted by Crippen LogP contribution is 2.23. The van der Waals surface area contributed by atoms with E-state index in [0.717, 1.165) is 22.6 Å². The normalized spacial score (nSPS) is 15.6. The summed E-state index contributed by atoms with van der Waals surface area (Å²) in [6.07, 6.45) is 0. The van der Waals surface area contributed by atoms with Crippen molar-refractivity contribution in [2.45, 2.75) is 39.2 Å². The Morgan fingerprint density at radius 1 is 1.06 bits per heavy atom. The number of anilines is 2. The van der Waals surface area contributed by atoms with Gasteiger partial charge in [0.25, 0.3) is 0 Å². The van der Waals surface area contributed by atoms with Gasteiger partial charge in [-0.25, -0.2) is 0 Å². The van der Waals surface area contributed by atoms with Gasteiger partial charge < -0.3 is 15.6 Å². The summed E-state index contributed by atoms with van der Waals surface area (Å²) in [5.74, 6) is 0. The Hall–Kier alpha value is -0.786. The standard InChI is InChI=1S/C12H24N2OSi2/c1-6-17(5,15-16(2,3)4)12-10(13)8-7-9-11(12)14/h7-9H,6,13-14H2,1-5H3. The third-order valence-corrected chi connectivity index (χ3v) is 10.1. The van der Waals surface area contributed by atoms with Crippen molar-refractivity contribution in [1.82, 2.24) is 0 Å². The average Bonchev–Trinajstić information content (AvgIpc) is 2.14. The van der Waals surface area contributed by atoms with Gasteiger partial charge in [0, 0.05) is 16.6 Å². The summed E-state index contributed by atoms with van der Waals surface area (Å²) < 4.78 is 6.44. The van der Waals surface area contributed by atoms with Crippen LogP contribution in [0.15, 0.2) is 18.2 Å². The lowest BCUT2D eigenvalue weighted by Crippen LogP contribution is -2.54. The predicted octanol–water partition coefficient (Wildman–Crippen LogP) is 2.50. The van der Waals surface area contributed by atoms with Crippen LogP contribution in [0.25, 0.3) is 0 Å². The summed E-state index contributed by atoms with van der Waals surface area (Å²) in [5.41, 5.74) is 13.7. The van der Waals surface area contributed by atoms with E-state index in [1.54, 1.807) is 0 Å². The quantitative estimate of drug-likeness (QED) is 0.651. The van der Waals surface area contributed by atoms with Gasteiger partial charge in [0.1, 0.15) is 0 Å². The topological polar surface area (TPSA) is 61.3 Å². The largest absolute Gasteiger partial charge is 0.452 e. The van der Waals surface area contributed by atoms with E-state index in [9.17, 15) is 0 Å². The van der Waals surface area contributed by atoms with Gasteiger partial charge in [-0.1, -0.05) is 13.0 Å². The minimum absolute atomic E-state index is 0.777. The summed E-state index contributed by atoms with van der Waals surface area (Å²) in [6, 6.07) is 6.73. The molecule has 0 aromatic heterocycles. The summed E-state index contributed by atoms with van der Waals surface area (Å²) in [5, 5.41) is 1.07. The molecular weight excluding hydrogens is 244 g/mol. The van der Waals surface area contributed by atoms with Crippen LogP contribution in [0.2, 0.25) is 32.2 Å². The maximum atomic E-state index is 6.44. The monoisotopic (exact) mass is 268 g/mol. The van der Waals surface area contributed by atoms with E-state index in [0.29, 0.717) is 0 Å². The Bertz CT molecular complexity index is 384. The summed E-state index contributed by atoms with van der Waals surface area (Å²) >= 11 is 0. The van der Waals surface area contributed by atoms with Crippen LogP contribution in [0.4, 0.5) is 11.4 Å². The molecule has 17 heavy (non-hydrogen) atoms. The van der Waals surface area contributed by atoms with Crippen LogP contribution in [-0.4, -0.2) is 16.6 Å². The second-order valence-corrected chi connectivity index (χ2v) is 14.3. The molecule has 4 N–H and O–H groups in total. The zero-order chi connectivity index (χ0) is 13.3. The number of hydrogen-bond donors (Lipinski definition) is 2. The molecule has 3 nitrogen and oxygen atoms in total. The lowest BCUT2D eigenvalue weighted by molar-refractivity contribution is 0.558. The Morgan fingerprint density at radius 3 is 1.88 bits per heavy atom. The molecule has 0 amide bonds. The molecule has 0 fully saturated rings. The fraction of sp³-hybridized carbons (Fsp3) is 0.500. The zero-order valence-electron chi connectivity index (χ0n) is 11.5. The van der Waals surface area contributed by atoms with Gasteiger partial charge in [-0.15, -0.1) is 0 Å². The molecule has 1 aromatic carbocycles. The van der Waals surface area contributed by atoms with Crippen molar-refractivity contribution in [3.05, 3.63) is 18.2 Å². The van der Waals surface area contributed by atoms with Crippen molar-refractivity contribution in [1.29, 1.82) is 0 Å². The lowest BCUT2D eigenvalue weighted by Gasteiger charge is -2.35. The fourth-order valence-electron chi connectivity index (χ4n) is 2.18. The van der Waals surface area contributed by atoms with Crippen molar-refractivity contribution in [2.24, 2.45) is 0 Å². The molecule has 0 aliphatic rings. The number of nitrogens with two attached hydrogens (primary N) is 2. The third kappa shape index (κ3) is 3.34. The van der Waals surface area contributed by atoms with Gasteiger partial charge in [-0.2, -0.15) is 0 Å². The van der Waals surface area contributed by atoms with Gasteiger partial charge in [-0.05, 0) is 44.4 Å². The molecule has 1 rings (SSSR count). The Balaban J connectivity index is 3.25. The lowest BCUT2D eigenvalue weighted by atomic mass is 10.3. The van der Waals surface area contributed by atoms with Gasteiger partial charge in [0.05, 0.1) is 0 Å². The minimum Gasteiger partial charge on any atom is -0.452 e. The molecule has 0 saturated carbocycles. The van der Waals surface area contributed by atoms with E-state index in [1.807, 2.05) is 18.2 Å². The van der Waals surface area contributed by atoms with Crippen LogP contribution in [0.1, 0.15) is 6.92 Å². The molecule has 0 spiro atoms. The summed E-state index contributed by atoms with van der Waals surface area (Å²) in [4.78, 5) is 0. The Morgan fingerprint density at radius 2 is 1.53 bits per heavy atom. The molecule has 1 unspecified atom stereocenters. The molecule has 1 aromatic rings. The van der Waals surface area contributed by atoms with Gasteiger partial charge in [0.2, 0.25) is 8.32 Å². The third-order valence-electron chi connectivity index (χ3n) is 2.86.